The smallest absolute Gasteiger partial charge is 0.0665 e. The molecule has 3 aromatic rings. The van der Waals surface area contributed by atoms with Crippen LogP contribution in [-0.2, 0) is 0 Å². The molecule has 0 saturated heterocycles. The molecule has 0 aliphatic carbocycles. The Morgan fingerprint density at radius 2 is 1.52 bits per heavy atom. The predicted octanol–water partition coefficient (Wildman–Crippen LogP) is 6.94. The first-order valence-corrected chi connectivity index (χ1v) is 8.33. The molecule has 3 rings (SSSR count). The molecule has 21 heavy (non-hydrogen) atoms. The zero-order valence-electron chi connectivity index (χ0n) is 11.4. The van der Waals surface area contributed by atoms with Crippen LogP contribution in [0.3, 0.4) is 0 Å². The lowest BCUT2D eigenvalue weighted by Crippen LogP contribution is -1.96. The molecular formula is C18H13BrCl2. The molecule has 0 aliphatic rings. The standard InChI is InChI=1S/C18H13BrCl2/c1-11-5-4-8-15(18(11)21)17(19)14-9-10-16(20)13-7-3-2-6-12(13)14/h2-10,17H,1H3. The van der Waals surface area contributed by atoms with Crippen molar-refractivity contribution in [3.63, 3.8) is 0 Å². The van der Waals surface area contributed by atoms with Gasteiger partial charge in [0.25, 0.3) is 0 Å². The van der Waals surface area contributed by atoms with Crippen molar-refractivity contribution < 1.29 is 0 Å². The normalized spacial score (nSPS) is 12.6. The summed E-state index contributed by atoms with van der Waals surface area (Å²) in [5, 5.41) is 3.78. The van der Waals surface area contributed by atoms with Gasteiger partial charge >= 0.3 is 0 Å². The number of halogens is 3. The molecule has 0 N–H and O–H groups in total. The Kier molecular flexibility index (Phi) is 4.26. The molecule has 0 saturated carbocycles. The van der Waals surface area contributed by atoms with E-state index in [0.717, 1.165) is 31.9 Å². The van der Waals surface area contributed by atoms with Gasteiger partial charge in [-0.1, -0.05) is 87.7 Å². The van der Waals surface area contributed by atoms with E-state index in [1.165, 1.54) is 5.56 Å². The largest absolute Gasteiger partial charge is 0.0837 e. The molecule has 0 radical (unpaired) electrons. The second-order valence-electron chi connectivity index (χ2n) is 5.02. The van der Waals surface area contributed by atoms with Gasteiger partial charge in [0.05, 0.1) is 4.83 Å². The summed E-state index contributed by atoms with van der Waals surface area (Å²) < 4.78 is 0. The molecule has 0 bridgehead atoms. The molecule has 3 heteroatoms. The second-order valence-corrected chi connectivity index (χ2v) is 6.72. The quantitative estimate of drug-likeness (QED) is 0.423. The summed E-state index contributed by atoms with van der Waals surface area (Å²) in [7, 11) is 0. The zero-order valence-corrected chi connectivity index (χ0v) is 14.5. The van der Waals surface area contributed by atoms with Crippen LogP contribution in [0.2, 0.25) is 10.0 Å². The first kappa shape index (κ1) is 14.9. The Balaban J connectivity index is 2.21. The Morgan fingerprint density at radius 3 is 2.29 bits per heavy atom. The van der Waals surface area contributed by atoms with Gasteiger partial charge in [0.1, 0.15) is 0 Å². The Morgan fingerprint density at radius 1 is 0.810 bits per heavy atom. The highest BCUT2D eigenvalue weighted by Crippen LogP contribution is 2.40. The average molecular weight is 380 g/mol. The van der Waals surface area contributed by atoms with Crippen molar-refractivity contribution in [2.75, 3.05) is 0 Å². The van der Waals surface area contributed by atoms with Gasteiger partial charge in [-0.2, -0.15) is 0 Å². The molecule has 0 fully saturated rings. The van der Waals surface area contributed by atoms with E-state index in [4.69, 9.17) is 23.2 Å². The SMILES string of the molecule is Cc1cccc(C(Br)c2ccc(Cl)c3ccccc23)c1Cl. The zero-order chi connectivity index (χ0) is 15.0. The number of hydrogen-bond acceptors (Lipinski definition) is 0. The van der Waals surface area contributed by atoms with Gasteiger partial charge in [-0.15, -0.1) is 0 Å². The highest BCUT2D eigenvalue weighted by Gasteiger charge is 2.17. The predicted molar refractivity (Wildman–Crippen MR) is 95.9 cm³/mol. The molecule has 0 amide bonds. The van der Waals surface area contributed by atoms with Crippen LogP contribution in [0.5, 0.6) is 0 Å². The maximum absolute atomic E-state index is 6.46. The minimum atomic E-state index is 0.0343. The molecule has 1 unspecified atom stereocenters. The third-order valence-corrected chi connectivity index (χ3v) is 5.50. The number of rotatable bonds is 2. The summed E-state index contributed by atoms with van der Waals surface area (Å²) in [6.45, 7) is 2.02. The topological polar surface area (TPSA) is 0 Å². The van der Waals surface area contributed by atoms with Gasteiger partial charge < -0.3 is 0 Å². The fourth-order valence-corrected chi connectivity index (χ4v) is 3.92. The summed E-state index contributed by atoms with van der Waals surface area (Å²) in [5.41, 5.74) is 3.32. The highest BCUT2D eigenvalue weighted by molar-refractivity contribution is 9.09. The molecule has 3 aromatic carbocycles. The van der Waals surface area contributed by atoms with Crippen molar-refractivity contribution in [2.45, 2.75) is 11.8 Å². The molecule has 106 valence electrons. The van der Waals surface area contributed by atoms with Gasteiger partial charge in [-0.25, -0.2) is 0 Å². The van der Waals surface area contributed by atoms with Crippen LogP contribution < -0.4 is 0 Å². The third-order valence-electron chi connectivity index (χ3n) is 3.67. The minimum absolute atomic E-state index is 0.0343. The van der Waals surface area contributed by atoms with Crippen molar-refractivity contribution in [3.8, 4) is 0 Å². The van der Waals surface area contributed by atoms with Gasteiger partial charge in [0, 0.05) is 15.4 Å². The van der Waals surface area contributed by atoms with Gasteiger partial charge in [0.15, 0.2) is 0 Å². The van der Waals surface area contributed by atoms with Crippen molar-refractivity contribution in [3.05, 3.63) is 81.3 Å². The Labute approximate surface area is 142 Å². The molecular weight excluding hydrogens is 367 g/mol. The van der Waals surface area contributed by atoms with Crippen LogP contribution in [0, 0.1) is 6.92 Å². The molecule has 0 heterocycles. The fourth-order valence-electron chi connectivity index (χ4n) is 2.54. The molecule has 0 nitrogen and oxygen atoms in total. The van der Waals surface area contributed by atoms with Crippen molar-refractivity contribution >= 4 is 49.9 Å². The van der Waals surface area contributed by atoms with Crippen LogP contribution in [0.15, 0.2) is 54.6 Å². The van der Waals surface area contributed by atoms with E-state index in [2.05, 4.69) is 34.1 Å². The lowest BCUT2D eigenvalue weighted by atomic mass is 9.97. The number of fused-ring (bicyclic) bond motifs is 1. The molecule has 0 aliphatic heterocycles. The van der Waals surface area contributed by atoms with Crippen molar-refractivity contribution in [1.29, 1.82) is 0 Å². The van der Waals surface area contributed by atoms with Gasteiger partial charge in [0.2, 0.25) is 0 Å². The lowest BCUT2D eigenvalue weighted by Gasteiger charge is -2.16. The van der Waals surface area contributed by atoms with Crippen molar-refractivity contribution in [2.24, 2.45) is 0 Å². The number of hydrogen-bond donors (Lipinski definition) is 0. The van der Waals surface area contributed by atoms with E-state index < -0.39 is 0 Å². The molecule has 1 atom stereocenters. The molecule has 0 aromatic heterocycles. The van der Waals surface area contributed by atoms with E-state index in [0.29, 0.717) is 0 Å². The average Bonchev–Trinajstić information content (AvgIpc) is 2.50. The second kappa shape index (κ2) is 6.00. The Bertz CT molecular complexity index is 811. The van der Waals surface area contributed by atoms with E-state index in [1.54, 1.807) is 0 Å². The van der Waals surface area contributed by atoms with Crippen LogP contribution >= 0.6 is 39.1 Å². The van der Waals surface area contributed by atoms with E-state index >= 15 is 0 Å². The first-order valence-electron chi connectivity index (χ1n) is 6.66. The van der Waals surface area contributed by atoms with Gasteiger partial charge in [-0.05, 0) is 35.1 Å². The Hall–Kier alpha value is -1.02. The first-order chi connectivity index (χ1) is 10.1. The van der Waals surface area contributed by atoms with E-state index in [-0.39, 0.29) is 4.83 Å². The van der Waals surface area contributed by atoms with Crippen LogP contribution in [0.25, 0.3) is 10.8 Å². The summed E-state index contributed by atoms with van der Waals surface area (Å²) in [5.74, 6) is 0. The molecule has 0 spiro atoms. The summed E-state index contributed by atoms with van der Waals surface area (Å²) >= 11 is 16.6. The number of alkyl halides is 1. The van der Waals surface area contributed by atoms with Crippen LogP contribution in [-0.4, -0.2) is 0 Å². The summed E-state index contributed by atoms with van der Waals surface area (Å²) in [6, 6.07) is 18.3. The van der Waals surface area contributed by atoms with Crippen LogP contribution in [0.1, 0.15) is 21.5 Å². The van der Waals surface area contributed by atoms with Gasteiger partial charge in [-0.3, -0.25) is 0 Å². The minimum Gasteiger partial charge on any atom is -0.0837 e. The number of aryl methyl sites for hydroxylation is 1. The third kappa shape index (κ3) is 2.70. The van der Waals surface area contributed by atoms with Crippen molar-refractivity contribution in [1.82, 2.24) is 0 Å². The summed E-state index contributed by atoms with van der Waals surface area (Å²) in [6.07, 6.45) is 0. The monoisotopic (exact) mass is 378 g/mol. The lowest BCUT2D eigenvalue weighted by molar-refractivity contribution is 1.19. The summed E-state index contributed by atoms with van der Waals surface area (Å²) in [4.78, 5) is 0.0343. The maximum atomic E-state index is 6.46. The fraction of sp³-hybridized carbons (Fsp3) is 0.111. The maximum Gasteiger partial charge on any atom is 0.0665 e. The number of benzene rings is 3. The van der Waals surface area contributed by atoms with E-state index in [9.17, 15) is 0 Å². The van der Waals surface area contributed by atoms with E-state index in [1.807, 2.05) is 43.3 Å². The highest BCUT2D eigenvalue weighted by atomic mass is 79.9. The van der Waals surface area contributed by atoms with Crippen LogP contribution in [0.4, 0.5) is 0 Å².